The van der Waals surface area contributed by atoms with E-state index in [-0.39, 0.29) is 5.91 Å². The lowest BCUT2D eigenvalue weighted by Gasteiger charge is -2.27. The topological polar surface area (TPSA) is 53.3 Å². The first kappa shape index (κ1) is 15.0. The number of aryl methyl sites for hydroxylation is 2. The standard InChI is InChI=1S/C15H20N2O2/c1-10-7-11(2)13(12(8-10)19-6)17(5)14(18)15(3,4)9-16/h7-8H,1-6H3. The fourth-order valence-electron chi connectivity index (χ4n) is 2.08. The van der Waals surface area contributed by atoms with Crippen LogP contribution in [-0.2, 0) is 4.79 Å². The molecule has 4 nitrogen and oxygen atoms in total. The molecule has 0 atom stereocenters. The van der Waals surface area contributed by atoms with Gasteiger partial charge in [0.1, 0.15) is 11.2 Å². The van der Waals surface area contributed by atoms with Crippen LogP contribution in [0.3, 0.4) is 0 Å². The van der Waals surface area contributed by atoms with Crippen molar-refractivity contribution in [3.8, 4) is 11.8 Å². The minimum absolute atomic E-state index is 0.250. The van der Waals surface area contributed by atoms with Crippen LogP contribution in [0.5, 0.6) is 5.75 Å². The summed E-state index contributed by atoms with van der Waals surface area (Å²) in [6, 6.07) is 5.90. The predicted molar refractivity (Wildman–Crippen MR) is 75.3 cm³/mol. The van der Waals surface area contributed by atoms with Gasteiger partial charge in [0.15, 0.2) is 0 Å². The molecule has 0 aliphatic carbocycles. The maximum Gasteiger partial charge on any atom is 0.246 e. The Morgan fingerprint density at radius 3 is 2.42 bits per heavy atom. The highest BCUT2D eigenvalue weighted by Gasteiger charge is 2.32. The SMILES string of the molecule is COc1cc(C)cc(C)c1N(C)C(=O)C(C)(C)C#N. The summed E-state index contributed by atoms with van der Waals surface area (Å²) in [6.45, 7) is 7.12. The highest BCUT2D eigenvalue weighted by atomic mass is 16.5. The van der Waals surface area contributed by atoms with Crippen molar-refractivity contribution in [2.75, 3.05) is 19.1 Å². The van der Waals surface area contributed by atoms with Crippen molar-refractivity contribution in [3.05, 3.63) is 23.3 Å². The average Bonchev–Trinajstić information content (AvgIpc) is 2.36. The Kier molecular flexibility index (Phi) is 4.21. The fraction of sp³-hybridized carbons (Fsp3) is 0.467. The second-order valence-electron chi connectivity index (χ2n) is 5.23. The van der Waals surface area contributed by atoms with E-state index in [4.69, 9.17) is 10.00 Å². The molecular weight excluding hydrogens is 240 g/mol. The highest BCUT2D eigenvalue weighted by Crippen LogP contribution is 2.34. The minimum Gasteiger partial charge on any atom is -0.495 e. The van der Waals surface area contributed by atoms with Crippen LogP contribution in [-0.4, -0.2) is 20.1 Å². The molecule has 0 saturated heterocycles. The van der Waals surface area contributed by atoms with Crippen LogP contribution in [0.1, 0.15) is 25.0 Å². The van der Waals surface area contributed by atoms with Crippen molar-refractivity contribution < 1.29 is 9.53 Å². The van der Waals surface area contributed by atoms with E-state index in [2.05, 4.69) is 0 Å². The third kappa shape index (κ3) is 2.87. The first-order chi connectivity index (χ1) is 8.74. The van der Waals surface area contributed by atoms with Crippen LogP contribution in [0.25, 0.3) is 0 Å². The molecule has 0 bridgehead atoms. The zero-order chi connectivity index (χ0) is 14.8. The van der Waals surface area contributed by atoms with Gasteiger partial charge in [-0.3, -0.25) is 4.79 Å². The third-order valence-electron chi connectivity index (χ3n) is 3.08. The molecule has 0 saturated carbocycles. The van der Waals surface area contributed by atoms with Crippen molar-refractivity contribution in [3.63, 3.8) is 0 Å². The molecule has 0 unspecified atom stereocenters. The maximum absolute atomic E-state index is 12.3. The predicted octanol–water partition coefficient (Wildman–Crippen LogP) is 2.82. The number of methoxy groups -OCH3 is 1. The summed E-state index contributed by atoms with van der Waals surface area (Å²) in [5, 5.41) is 9.07. The van der Waals surface area contributed by atoms with Gasteiger partial charge < -0.3 is 9.64 Å². The number of ether oxygens (including phenoxy) is 1. The van der Waals surface area contributed by atoms with Gasteiger partial charge in [0.25, 0.3) is 0 Å². The van der Waals surface area contributed by atoms with E-state index in [0.717, 1.165) is 11.1 Å². The van der Waals surface area contributed by atoms with Crippen molar-refractivity contribution in [2.45, 2.75) is 27.7 Å². The number of carbonyl (C=O) groups is 1. The molecular formula is C15H20N2O2. The van der Waals surface area contributed by atoms with Crippen LogP contribution < -0.4 is 9.64 Å². The van der Waals surface area contributed by atoms with E-state index in [9.17, 15) is 4.79 Å². The second-order valence-corrected chi connectivity index (χ2v) is 5.23. The van der Waals surface area contributed by atoms with Gasteiger partial charge in [-0.05, 0) is 44.9 Å². The normalized spacial score (nSPS) is 10.8. The van der Waals surface area contributed by atoms with Crippen molar-refractivity contribution >= 4 is 11.6 Å². The molecule has 0 aliphatic rings. The molecule has 0 aromatic heterocycles. The summed E-state index contributed by atoms with van der Waals surface area (Å²) in [7, 11) is 3.24. The molecule has 0 N–H and O–H groups in total. The van der Waals surface area contributed by atoms with Crippen LogP contribution in [0.15, 0.2) is 12.1 Å². The van der Waals surface area contributed by atoms with E-state index < -0.39 is 5.41 Å². The summed E-state index contributed by atoms with van der Waals surface area (Å²) in [5.74, 6) is 0.391. The quantitative estimate of drug-likeness (QED) is 0.839. The van der Waals surface area contributed by atoms with E-state index in [0.29, 0.717) is 11.4 Å². The Morgan fingerprint density at radius 1 is 1.37 bits per heavy atom. The smallest absolute Gasteiger partial charge is 0.246 e. The zero-order valence-corrected chi connectivity index (χ0v) is 12.4. The molecule has 0 spiro atoms. The Balaban J connectivity index is 3.32. The monoisotopic (exact) mass is 260 g/mol. The Hall–Kier alpha value is -2.02. The van der Waals surface area contributed by atoms with Gasteiger partial charge in [0, 0.05) is 7.05 Å². The van der Waals surface area contributed by atoms with Gasteiger partial charge >= 0.3 is 0 Å². The van der Waals surface area contributed by atoms with Crippen LogP contribution >= 0.6 is 0 Å². The number of carbonyl (C=O) groups excluding carboxylic acids is 1. The summed E-state index contributed by atoms with van der Waals surface area (Å²) >= 11 is 0. The maximum atomic E-state index is 12.3. The van der Waals surface area contributed by atoms with Gasteiger partial charge in [-0.25, -0.2) is 0 Å². The van der Waals surface area contributed by atoms with Gasteiger partial charge in [-0.15, -0.1) is 0 Å². The average molecular weight is 260 g/mol. The van der Waals surface area contributed by atoms with Gasteiger partial charge in [-0.2, -0.15) is 5.26 Å². The lowest BCUT2D eigenvalue weighted by molar-refractivity contribution is -0.123. The van der Waals surface area contributed by atoms with Crippen LogP contribution in [0, 0.1) is 30.6 Å². The number of anilines is 1. The molecule has 0 heterocycles. The summed E-state index contributed by atoms with van der Waals surface area (Å²) < 4.78 is 5.35. The zero-order valence-electron chi connectivity index (χ0n) is 12.4. The van der Waals surface area contributed by atoms with Gasteiger partial charge in [0.05, 0.1) is 18.9 Å². The largest absolute Gasteiger partial charge is 0.495 e. The van der Waals surface area contributed by atoms with Crippen LogP contribution in [0.2, 0.25) is 0 Å². The van der Waals surface area contributed by atoms with E-state index in [1.807, 2.05) is 32.0 Å². The molecule has 1 amide bonds. The molecule has 0 fully saturated rings. The molecule has 4 heteroatoms. The van der Waals surface area contributed by atoms with Crippen molar-refractivity contribution in [2.24, 2.45) is 5.41 Å². The molecule has 0 aliphatic heterocycles. The highest BCUT2D eigenvalue weighted by molar-refractivity contribution is 6.00. The number of hydrogen-bond acceptors (Lipinski definition) is 3. The van der Waals surface area contributed by atoms with E-state index in [1.54, 1.807) is 28.0 Å². The van der Waals surface area contributed by atoms with E-state index in [1.165, 1.54) is 4.90 Å². The number of rotatable bonds is 3. The summed E-state index contributed by atoms with van der Waals surface area (Å²) in [6.07, 6.45) is 0. The summed E-state index contributed by atoms with van der Waals surface area (Å²) in [4.78, 5) is 13.8. The lowest BCUT2D eigenvalue weighted by atomic mass is 9.93. The van der Waals surface area contributed by atoms with Crippen molar-refractivity contribution in [1.82, 2.24) is 0 Å². The number of nitriles is 1. The molecule has 1 aromatic rings. The first-order valence-corrected chi connectivity index (χ1v) is 6.09. The van der Waals surface area contributed by atoms with Gasteiger partial charge in [0.2, 0.25) is 5.91 Å². The Labute approximate surface area is 114 Å². The molecule has 0 radical (unpaired) electrons. The van der Waals surface area contributed by atoms with Gasteiger partial charge in [-0.1, -0.05) is 6.07 Å². The number of nitrogens with zero attached hydrogens (tertiary/aromatic N) is 2. The van der Waals surface area contributed by atoms with Crippen molar-refractivity contribution in [1.29, 1.82) is 5.26 Å². The fourth-order valence-corrected chi connectivity index (χ4v) is 2.08. The first-order valence-electron chi connectivity index (χ1n) is 6.09. The third-order valence-corrected chi connectivity index (χ3v) is 3.08. The molecule has 102 valence electrons. The molecule has 1 aromatic carbocycles. The number of hydrogen-bond donors (Lipinski definition) is 0. The number of benzene rings is 1. The van der Waals surface area contributed by atoms with E-state index >= 15 is 0 Å². The number of amides is 1. The Morgan fingerprint density at radius 2 is 1.95 bits per heavy atom. The molecule has 1 rings (SSSR count). The minimum atomic E-state index is -1.06. The Bertz CT molecular complexity index is 542. The van der Waals surface area contributed by atoms with Crippen LogP contribution in [0.4, 0.5) is 5.69 Å². The summed E-state index contributed by atoms with van der Waals surface area (Å²) in [5.41, 5.74) is 1.67. The molecule has 19 heavy (non-hydrogen) atoms. The second kappa shape index (κ2) is 5.31. The lowest BCUT2D eigenvalue weighted by Crippen LogP contribution is -2.38.